The summed E-state index contributed by atoms with van der Waals surface area (Å²) in [7, 11) is 0. The van der Waals surface area contributed by atoms with E-state index in [0.29, 0.717) is 17.3 Å². The van der Waals surface area contributed by atoms with Crippen molar-refractivity contribution in [3.8, 4) is 0 Å². The lowest BCUT2D eigenvalue weighted by molar-refractivity contribution is -0.134. The van der Waals surface area contributed by atoms with E-state index in [1.54, 1.807) is 0 Å². The van der Waals surface area contributed by atoms with Gasteiger partial charge in [-0.15, -0.1) is 0 Å². The first-order valence-electron chi connectivity index (χ1n) is 12.5. The molecule has 1 N–H and O–H groups in total. The van der Waals surface area contributed by atoms with Gasteiger partial charge >= 0.3 is 0 Å². The maximum atomic E-state index is 14.3. The highest BCUT2D eigenvalue weighted by Crippen LogP contribution is 2.29. The summed E-state index contributed by atoms with van der Waals surface area (Å²) in [5, 5.41) is 5.01. The third kappa shape index (κ3) is 4.95. The van der Waals surface area contributed by atoms with Gasteiger partial charge in [-0.2, -0.15) is 0 Å². The van der Waals surface area contributed by atoms with E-state index in [9.17, 15) is 9.59 Å². The number of hydrogen-bond acceptors (Lipinski definition) is 3. The Morgan fingerprint density at radius 2 is 1.58 bits per heavy atom. The van der Waals surface area contributed by atoms with E-state index in [4.69, 9.17) is 11.6 Å². The SMILES string of the molecule is Cc1c(C(=O)N(Cc2ccccc2)C(=O)C2CCNCC2)n(Cc2ccc(Cl)cc2)c2ccccc12. The lowest BCUT2D eigenvalue weighted by Gasteiger charge is -2.29. The molecule has 36 heavy (non-hydrogen) atoms. The first kappa shape index (κ1) is 24.3. The highest BCUT2D eigenvalue weighted by atomic mass is 35.5. The molecule has 6 heteroatoms. The van der Waals surface area contributed by atoms with Crippen molar-refractivity contribution in [2.24, 2.45) is 5.92 Å². The quantitative estimate of drug-likeness (QED) is 0.340. The van der Waals surface area contributed by atoms with E-state index in [1.807, 2.05) is 90.4 Å². The summed E-state index contributed by atoms with van der Waals surface area (Å²) < 4.78 is 2.05. The molecule has 1 saturated heterocycles. The van der Waals surface area contributed by atoms with Crippen LogP contribution in [-0.4, -0.2) is 34.4 Å². The number of para-hydroxylation sites is 1. The number of imide groups is 1. The number of rotatable bonds is 6. The first-order valence-corrected chi connectivity index (χ1v) is 12.8. The Kier molecular flexibility index (Phi) is 7.21. The molecule has 4 aromatic rings. The molecule has 5 nitrogen and oxygen atoms in total. The molecule has 1 aliphatic heterocycles. The number of benzene rings is 3. The van der Waals surface area contributed by atoms with Gasteiger partial charge in [0.2, 0.25) is 5.91 Å². The fraction of sp³-hybridized carbons (Fsp3) is 0.267. The van der Waals surface area contributed by atoms with Crippen LogP contribution < -0.4 is 5.32 Å². The molecule has 1 fully saturated rings. The fourth-order valence-corrected chi connectivity index (χ4v) is 5.25. The number of carbonyl (C=O) groups is 2. The molecule has 0 radical (unpaired) electrons. The summed E-state index contributed by atoms with van der Waals surface area (Å²) in [6, 6.07) is 25.5. The maximum Gasteiger partial charge on any atom is 0.277 e. The number of aryl methyl sites for hydroxylation is 1. The van der Waals surface area contributed by atoms with Crippen molar-refractivity contribution in [3.05, 3.63) is 106 Å². The van der Waals surface area contributed by atoms with Crippen LogP contribution in [0.5, 0.6) is 0 Å². The minimum atomic E-state index is -0.245. The van der Waals surface area contributed by atoms with Crippen molar-refractivity contribution in [3.63, 3.8) is 0 Å². The number of fused-ring (bicyclic) bond motifs is 1. The number of amides is 2. The molecule has 2 heterocycles. The molecule has 0 aliphatic carbocycles. The zero-order valence-corrected chi connectivity index (χ0v) is 21.2. The summed E-state index contributed by atoms with van der Waals surface area (Å²) >= 11 is 6.11. The summed E-state index contributed by atoms with van der Waals surface area (Å²) in [4.78, 5) is 29.6. The molecule has 0 saturated carbocycles. The van der Waals surface area contributed by atoms with Gasteiger partial charge in [-0.1, -0.05) is 72.3 Å². The molecule has 1 aliphatic rings. The highest BCUT2D eigenvalue weighted by molar-refractivity contribution is 6.30. The summed E-state index contributed by atoms with van der Waals surface area (Å²) in [6.07, 6.45) is 1.48. The van der Waals surface area contributed by atoms with Crippen LogP contribution in [0.4, 0.5) is 0 Å². The van der Waals surface area contributed by atoms with Crippen LogP contribution in [0.2, 0.25) is 5.02 Å². The molecule has 3 aromatic carbocycles. The number of nitrogens with one attached hydrogen (secondary N) is 1. The number of halogens is 1. The molecule has 0 spiro atoms. The molecular weight excluding hydrogens is 470 g/mol. The Morgan fingerprint density at radius 1 is 0.917 bits per heavy atom. The second-order valence-electron chi connectivity index (χ2n) is 9.44. The monoisotopic (exact) mass is 499 g/mol. The average molecular weight is 500 g/mol. The average Bonchev–Trinajstić information content (AvgIpc) is 3.20. The van der Waals surface area contributed by atoms with Crippen LogP contribution in [0.25, 0.3) is 10.9 Å². The first-order chi connectivity index (χ1) is 17.5. The van der Waals surface area contributed by atoms with E-state index in [1.165, 1.54) is 4.90 Å². The van der Waals surface area contributed by atoms with Crippen molar-refractivity contribution < 1.29 is 9.59 Å². The van der Waals surface area contributed by atoms with Crippen molar-refractivity contribution in [1.29, 1.82) is 0 Å². The van der Waals surface area contributed by atoms with Gasteiger partial charge in [0.25, 0.3) is 5.91 Å². The summed E-state index contributed by atoms with van der Waals surface area (Å²) in [5.41, 5.74) is 4.40. The van der Waals surface area contributed by atoms with Crippen LogP contribution in [0.1, 0.15) is 40.0 Å². The Labute approximate surface area is 216 Å². The van der Waals surface area contributed by atoms with Gasteiger partial charge in [0.1, 0.15) is 5.69 Å². The lowest BCUT2D eigenvalue weighted by atomic mass is 9.96. The van der Waals surface area contributed by atoms with Gasteiger partial charge in [-0.25, -0.2) is 0 Å². The van der Waals surface area contributed by atoms with E-state index in [2.05, 4.69) is 5.32 Å². The number of hydrogen-bond donors (Lipinski definition) is 1. The van der Waals surface area contributed by atoms with Crippen LogP contribution in [0.3, 0.4) is 0 Å². The zero-order valence-electron chi connectivity index (χ0n) is 20.4. The van der Waals surface area contributed by atoms with Gasteiger partial charge < -0.3 is 9.88 Å². The Balaban J connectivity index is 1.59. The number of nitrogens with zero attached hydrogens (tertiary/aromatic N) is 2. The van der Waals surface area contributed by atoms with E-state index >= 15 is 0 Å². The van der Waals surface area contributed by atoms with Gasteiger partial charge in [0.15, 0.2) is 0 Å². The molecule has 0 unspecified atom stereocenters. The van der Waals surface area contributed by atoms with E-state index in [0.717, 1.165) is 53.5 Å². The second-order valence-corrected chi connectivity index (χ2v) is 9.88. The lowest BCUT2D eigenvalue weighted by Crippen LogP contribution is -2.44. The molecule has 1 aromatic heterocycles. The number of piperidine rings is 1. The Morgan fingerprint density at radius 3 is 2.31 bits per heavy atom. The van der Waals surface area contributed by atoms with Gasteiger partial charge in [-0.05, 0) is 67.7 Å². The predicted octanol–water partition coefficient (Wildman–Crippen LogP) is 5.82. The van der Waals surface area contributed by atoms with Crippen LogP contribution in [0, 0.1) is 12.8 Å². The standard InChI is InChI=1S/C30H30ClN3O2/c1-21-26-9-5-6-10-27(26)33(19-23-11-13-25(31)14-12-23)28(21)30(36)34(20-22-7-3-2-4-8-22)29(35)24-15-17-32-18-16-24/h2-14,24,32H,15-20H2,1H3. The third-order valence-corrected chi connectivity index (χ3v) is 7.32. The van der Waals surface area contributed by atoms with Crippen molar-refractivity contribution in [1.82, 2.24) is 14.8 Å². The zero-order chi connectivity index (χ0) is 25.1. The highest BCUT2D eigenvalue weighted by Gasteiger charge is 2.33. The van der Waals surface area contributed by atoms with Crippen molar-refractivity contribution in [2.45, 2.75) is 32.9 Å². The molecule has 184 valence electrons. The number of aromatic nitrogens is 1. The molecule has 0 atom stereocenters. The van der Waals surface area contributed by atoms with E-state index in [-0.39, 0.29) is 24.3 Å². The van der Waals surface area contributed by atoms with Gasteiger partial charge in [0, 0.05) is 28.4 Å². The van der Waals surface area contributed by atoms with Gasteiger partial charge in [0.05, 0.1) is 6.54 Å². The normalized spacial score (nSPS) is 14.2. The largest absolute Gasteiger partial charge is 0.332 e. The molecule has 2 amide bonds. The Hall–Kier alpha value is -3.41. The summed E-state index contributed by atoms with van der Waals surface area (Å²) in [6.45, 7) is 4.32. The molecule has 0 bridgehead atoms. The van der Waals surface area contributed by atoms with Crippen LogP contribution in [-0.2, 0) is 17.9 Å². The number of carbonyl (C=O) groups excluding carboxylic acids is 2. The topological polar surface area (TPSA) is 54.3 Å². The minimum absolute atomic E-state index is 0.0898. The van der Waals surface area contributed by atoms with E-state index < -0.39 is 0 Å². The molecule has 5 rings (SSSR count). The maximum absolute atomic E-state index is 14.3. The van der Waals surface area contributed by atoms with Crippen LogP contribution in [0.15, 0.2) is 78.9 Å². The minimum Gasteiger partial charge on any atom is -0.332 e. The third-order valence-electron chi connectivity index (χ3n) is 7.06. The van der Waals surface area contributed by atoms with Crippen molar-refractivity contribution >= 4 is 34.3 Å². The van der Waals surface area contributed by atoms with Crippen LogP contribution >= 0.6 is 11.6 Å². The predicted molar refractivity (Wildman–Crippen MR) is 144 cm³/mol. The molecular formula is C30H30ClN3O2. The smallest absolute Gasteiger partial charge is 0.277 e. The van der Waals surface area contributed by atoms with Crippen molar-refractivity contribution in [2.75, 3.05) is 13.1 Å². The summed E-state index contributed by atoms with van der Waals surface area (Å²) in [5.74, 6) is -0.494. The second kappa shape index (κ2) is 10.7. The Bertz CT molecular complexity index is 1370. The van der Waals surface area contributed by atoms with Gasteiger partial charge in [-0.3, -0.25) is 14.5 Å². The fourth-order valence-electron chi connectivity index (χ4n) is 5.12.